The molecule has 0 radical (unpaired) electrons. The van der Waals surface area contributed by atoms with Crippen LogP contribution in [0.3, 0.4) is 0 Å². The van der Waals surface area contributed by atoms with Gasteiger partial charge in [0.15, 0.2) is 5.96 Å². The first kappa shape index (κ1) is 22.3. The second kappa shape index (κ2) is 11.8. The molecule has 158 valence electrons. The number of nitrogens with one attached hydrogen (secondary N) is 2. The summed E-state index contributed by atoms with van der Waals surface area (Å²) in [6.07, 6.45) is 2.97. The molecule has 28 heavy (non-hydrogen) atoms. The maximum atomic E-state index is 9.33. The van der Waals surface area contributed by atoms with Gasteiger partial charge in [0.25, 0.3) is 0 Å². The quantitative estimate of drug-likeness (QED) is 0.423. The molecule has 0 spiro atoms. The number of guanidine groups is 1. The molecule has 6 heteroatoms. The second-order valence-corrected chi connectivity index (χ2v) is 7.98. The van der Waals surface area contributed by atoms with Gasteiger partial charge in [0.05, 0.1) is 12.8 Å². The molecular formula is C22H38N4O2. The average molecular weight is 391 g/mol. The molecular weight excluding hydrogens is 352 g/mol. The summed E-state index contributed by atoms with van der Waals surface area (Å²) in [7, 11) is 1.72. The lowest BCUT2D eigenvalue weighted by atomic mass is 9.94. The fourth-order valence-corrected chi connectivity index (χ4v) is 3.85. The van der Waals surface area contributed by atoms with Crippen LogP contribution in [0.4, 0.5) is 5.69 Å². The van der Waals surface area contributed by atoms with E-state index in [1.165, 1.54) is 0 Å². The minimum Gasteiger partial charge on any atom is -0.495 e. The number of methoxy groups -OCH3 is 1. The molecule has 0 aromatic heterocycles. The summed E-state index contributed by atoms with van der Waals surface area (Å²) in [5, 5.41) is 16.3. The number of ether oxygens (including phenoxy) is 1. The first-order chi connectivity index (χ1) is 13.6. The molecule has 0 amide bonds. The van der Waals surface area contributed by atoms with Crippen LogP contribution in [0.15, 0.2) is 29.3 Å². The standard InChI is InChI=1S/C22H38N4O2/c1-5-23-22(24-15-18(11-13-27)14-17(2)3)25-19-10-12-26(16-19)20-8-6-7-9-21(20)28-4/h6-9,17-19,27H,5,10-16H2,1-4H3,(H2,23,24,25). The molecule has 2 rings (SSSR count). The Labute approximate surface area is 170 Å². The molecule has 1 fully saturated rings. The first-order valence-electron chi connectivity index (χ1n) is 10.6. The smallest absolute Gasteiger partial charge is 0.191 e. The van der Waals surface area contributed by atoms with Gasteiger partial charge in [0.1, 0.15) is 5.75 Å². The summed E-state index contributed by atoms with van der Waals surface area (Å²) in [4.78, 5) is 7.19. The van der Waals surface area contributed by atoms with Crippen molar-refractivity contribution in [1.82, 2.24) is 10.6 Å². The van der Waals surface area contributed by atoms with E-state index in [-0.39, 0.29) is 6.61 Å². The number of hydrogen-bond donors (Lipinski definition) is 3. The summed E-state index contributed by atoms with van der Waals surface area (Å²) >= 11 is 0. The third-order valence-corrected chi connectivity index (χ3v) is 5.15. The number of rotatable bonds is 10. The van der Waals surface area contributed by atoms with Gasteiger partial charge in [0.2, 0.25) is 0 Å². The van der Waals surface area contributed by atoms with Gasteiger partial charge >= 0.3 is 0 Å². The van der Waals surface area contributed by atoms with Gasteiger partial charge < -0.3 is 25.4 Å². The van der Waals surface area contributed by atoms with Crippen LogP contribution < -0.4 is 20.3 Å². The second-order valence-electron chi connectivity index (χ2n) is 7.98. The van der Waals surface area contributed by atoms with Gasteiger partial charge in [0, 0.05) is 38.8 Å². The van der Waals surface area contributed by atoms with Crippen LogP contribution in [0, 0.1) is 11.8 Å². The summed E-state index contributed by atoms with van der Waals surface area (Å²) in [5.41, 5.74) is 1.15. The van der Waals surface area contributed by atoms with E-state index in [1.807, 2.05) is 12.1 Å². The van der Waals surface area contributed by atoms with E-state index in [0.29, 0.717) is 17.9 Å². The van der Waals surface area contributed by atoms with E-state index < -0.39 is 0 Å². The van der Waals surface area contributed by atoms with Gasteiger partial charge in [-0.3, -0.25) is 4.99 Å². The van der Waals surface area contributed by atoms with Crippen molar-refractivity contribution < 1.29 is 9.84 Å². The maximum Gasteiger partial charge on any atom is 0.191 e. The van der Waals surface area contributed by atoms with E-state index >= 15 is 0 Å². The number of benzene rings is 1. The van der Waals surface area contributed by atoms with Crippen molar-refractivity contribution in [3.8, 4) is 5.75 Å². The Morgan fingerprint density at radius 2 is 2.14 bits per heavy atom. The zero-order chi connectivity index (χ0) is 20.4. The van der Waals surface area contributed by atoms with Crippen molar-refractivity contribution in [2.24, 2.45) is 16.8 Å². The molecule has 1 heterocycles. The highest BCUT2D eigenvalue weighted by molar-refractivity contribution is 5.80. The molecule has 1 aromatic carbocycles. The largest absolute Gasteiger partial charge is 0.495 e. The number of aliphatic hydroxyl groups is 1. The Morgan fingerprint density at radius 3 is 2.82 bits per heavy atom. The number of anilines is 1. The van der Waals surface area contributed by atoms with E-state index in [1.54, 1.807) is 7.11 Å². The van der Waals surface area contributed by atoms with E-state index in [2.05, 4.69) is 48.4 Å². The molecule has 0 saturated carbocycles. The van der Waals surface area contributed by atoms with Crippen molar-refractivity contribution >= 4 is 11.6 Å². The highest BCUT2D eigenvalue weighted by Crippen LogP contribution is 2.30. The molecule has 1 saturated heterocycles. The van der Waals surface area contributed by atoms with E-state index in [0.717, 1.165) is 62.8 Å². The summed E-state index contributed by atoms with van der Waals surface area (Å²) < 4.78 is 5.51. The molecule has 1 aromatic rings. The highest BCUT2D eigenvalue weighted by atomic mass is 16.5. The normalized spacial score (nSPS) is 18.4. The number of para-hydroxylation sites is 2. The van der Waals surface area contributed by atoms with Gasteiger partial charge in [-0.1, -0.05) is 26.0 Å². The van der Waals surface area contributed by atoms with Crippen LogP contribution in [-0.2, 0) is 0 Å². The Bertz CT molecular complexity index is 606. The average Bonchev–Trinajstić information content (AvgIpc) is 3.14. The van der Waals surface area contributed by atoms with Crippen LogP contribution in [-0.4, -0.2) is 57.0 Å². The molecule has 0 aliphatic carbocycles. The van der Waals surface area contributed by atoms with Gasteiger partial charge in [-0.05, 0) is 50.2 Å². The van der Waals surface area contributed by atoms with Crippen LogP contribution in [0.5, 0.6) is 5.75 Å². The number of aliphatic hydroxyl groups excluding tert-OH is 1. The van der Waals surface area contributed by atoms with Crippen molar-refractivity contribution in [2.45, 2.75) is 46.1 Å². The van der Waals surface area contributed by atoms with Gasteiger partial charge in [-0.15, -0.1) is 0 Å². The Balaban J connectivity index is 1.96. The monoisotopic (exact) mass is 390 g/mol. The zero-order valence-corrected chi connectivity index (χ0v) is 17.9. The van der Waals surface area contributed by atoms with Crippen molar-refractivity contribution in [3.05, 3.63) is 24.3 Å². The lowest BCUT2D eigenvalue weighted by molar-refractivity contribution is 0.245. The minimum absolute atomic E-state index is 0.230. The third-order valence-electron chi connectivity index (χ3n) is 5.15. The topological polar surface area (TPSA) is 69.1 Å². The Kier molecular flexibility index (Phi) is 9.41. The van der Waals surface area contributed by atoms with E-state index in [9.17, 15) is 5.11 Å². The summed E-state index contributed by atoms with van der Waals surface area (Å²) in [6.45, 7) is 10.3. The number of nitrogens with zero attached hydrogens (tertiary/aromatic N) is 2. The van der Waals surface area contributed by atoms with Crippen molar-refractivity contribution in [1.29, 1.82) is 0 Å². The van der Waals surface area contributed by atoms with E-state index in [4.69, 9.17) is 9.73 Å². The van der Waals surface area contributed by atoms with Crippen LogP contribution in [0.25, 0.3) is 0 Å². The fourth-order valence-electron chi connectivity index (χ4n) is 3.85. The van der Waals surface area contributed by atoms with Crippen LogP contribution in [0.1, 0.15) is 40.0 Å². The Hall–Kier alpha value is -1.95. The van der Waals surface area contributed by atoms with Crippen molar-refractivity contribution in [2.75, 3.05) is 44.8 Å². The predicted molar refractivity (Wildman–Crippen MR) is 117 cm³/mol. The van der Waals surface area contributed by atoms with Crippen molar-refractivity contribution in [3.63, 3.8) is 0 Å². The molecule has 6 nitrogen and oxygen atoms in total. The molecule has 0 bridgehead atoms. The zero-order valence-electron chi connectivity index (χ0n) is 17.9. The Morgan fingerprint density at radius 1 is 1.36 bits per heavy atom. The minimum atomic E-state index is 0.230. The summed E-state index contributed by atoms with van der Waals surface area (Å²) in [6, 6.07) is 8.54. The number of hydrogen-bond acceptors (Lipinski definition) is 4. The highest BCUT2D eigenvalue weighted by Gasteiger charge is 2.25. The SMILES string of the molecule is CCNC(=NCC(CCO)CC(C)C)NC1CCN(c2ccccc2OC)C1. The number of aliphatic imine (C=N–C) groups is 1. The molecule has 1 aliphatic rings. The molecule has 2 atom stereocenters. The predicted octanol–water partition coefficient (Wildman–Crippen LogP) is 2.87. The molecule has 1 aliphatic heterocycles. The van der Waals surface area contributed by atoms with Crippen LogP contribution >= 0.6 is 0 Å². The van der Waals surface area contributed by atoms with Gasteiger partial charge in [-0.2, -0.15) is 0 Å². The molecule has 3 N–H and O–H groups in total. The molecule has 2 unspecified atom stereocenters. The lowest BCUT2D eigenvalue weighted by Gasteiger charge is -2.22. The fraction of sp³-hybridized carbons (Fsp3) is 0.682. The lowest BCUT2D eigenvalue weighted by Crippen LogP contribution is -2.45. The maximum absolute atomic E-state index is 9.33. The third kappa shape index (κ3) is 6.89. The van der Waals surface area contributed by atoms with Crippen LogP contribution in [0.2, 0.25) is 0 Å². The van der Waals surface area contributed by atoms with Gasteiger partial charge in [-0.25, -0.2) is 0 Å². The first-order valence-corrected chi connectivity index (χ1v) is 10.6. The summed E-state index contributed by atoms with van der Waals surface area (Å²) in [5.74, 6) is 2.84.